The van der Waals surface area contributed by atoms with Gasteiger partial charge in [0.05, 0.1) is 13.2 Å². The predicted octanol–water partition coefficient (Wildman–Crippen LogP) is 11.1. The van der Waals surface area contributed by atoms with Crippen LogP contribution in [0, 0.1) is 0 Å². The van der Waals surface area contributed by atoms with E-state index in [1.54, 1.807) is 0 Å². The normalized spacial score (nSPS) is 14.0. The van der Waals surface area contributed by atoms with Crippen LogP contribution >= 0.6 is 7.82 Å². The van der Waals surface area contributed by atoms with E-state index in [1.165, 1.54) is 122 Å². The molecular formula is C42H78NO10P. The number of rotatable bonds is 40. The van der Waals surface area contributed by atoms with Crippen molar-refractivity contribution >= 4 is 25.7 Å². The van der Waals surface area contributed by atoms with Crippen LogP contribution < -0.4 is 5.73 Å². The van der Waals surface area contributed by atoms with Crippen LogP contribution in [0.5, 0.6) is 0 Å². The molecule has 0 aliphatic heterocycles. The number of hydrogen-bond donors (Lipinski definition) is 3. The molecule has 12 heteroatoms. The Balaban J connectivity index is 4.43. The van der Waals surface area contributed by atoms with Gasteiger partial charge in [0, 0.05) is 12.8 Å². The van der Waals surface area contributed by atoms with Gasteiger partial charge in [0.25, 0.3) is 0 Å². The van der Waals surface area contributed by atoms with Crippen LogP contribution in [0.1, 0.15) is 194 Å². The average Bonchev–Trinajstić information content (AvgIpc) is 3.14. The fraction of sp³-hybridized carbons (Fsp3) is 0.833. The zero-order chi connectivity index (χ0) is 40.0. The first-order valence-electron chi connectivity index (χ1n) is 21.4. The molecule has 1 unspecified atom stereocenters. The van der Waals surface area contributed by atoms with Gasteiger partial charge >= 0.3 is 25.7 Å². The Morgan fingerprint density at radius 1 is 0.556 bits per heavy atom. The molecule has 0 radical (unpaired) electrons. The molecule has 0 bridgehead atoms. The van der Waals surface area contributed by atoms with Crippen molar-refractivity contribution in [3.8, 4) is 0 Å². The first-order chi connectivity index (χ1) is 26.1. The molecule has 0 aromatic carbocycles. The third kappa shape index (κ3) is 36.9. The summed E-state index contributed by atoms with van der Waals surface area (Å²) in [6.45, 7) is 2.75. The Morgan fingerprint density at radius 3 is 1.43 bits per heavy atom. The fourth-order valence-electron chi connectivity index (χ4n) is 5.78. The quantitative estimate of drug-likeness (QED) is 0.0233. The highest BCUT2D eigenvalue weighted by molar-refractivity contribution is 7.47. The topological polar surface area (TPSA) is 172 Å². The second-order valence-electron chi connectivity index (χ2n) is 14.5. The molecule has 0 fully saturated rings. The Kier molecular flexibility index (Phi) is 36.4. The second kappa shape index (κ2) is 37.9. The minimum atomic E-state index is -4.72. The molecule has 0 aromatic heterocycles. The maximum Gasteiger partial charge on any atom is 0.472 e. The molecule has 0 spiro atoms. The number of ether oxygens (including phenoxy) is 2. The summed E-state index contributed by atoms with van der Waals surface area (Å²) in [4.78, 5) is 45.8. The number of carboxylic acids is 1. The highest BCUT2D eigenvalue weighted by Crippen LogP contribution is 2.43. The lowest BCUT2D eigenvalue weighted by Gasteiger charge is -2.20. The molecule has 0 aliphatic rings. The van der Waals surface area contributed by atoms with Crippen molar-refractivity contribution in [2.45, 2.75) is 206 Å². The molecule has 0 amide bonds. The van der Waals surface area contributed by atoms with Crippen LogP contribution in [-0.4, -0.2) is 59.9 Å². The van der Waals surface area contributed by atoms with Gasteiger partial charge in [-0.3, -0.25) is 23.4 Å². The Labute approximate surface area is 328 Å². The van der Waals surface area contributed by atoms with Crippen LogP contribution in [0.4, 0.5) is 0 Å². The second-order valence-corrected chi connectivity index (χ2v) is 15.9. The van der Waals surface area contributed by atoms with Crippen LogP contribution in [0.3, 0.4) is 0 Å². The summed E-state index contributed by atoms with van der Waals surface area (Å²) in [5.74, 6) is -2.46. The van der Waals surface area contributed by atoms with Gasteiger partial charge in [-0.15, -0.1) is 0 Å². The van der Waals surface area contributed by atoms with E-state index < -0.39 is 51.1 Å². The van der Waals surface area contributed by atoms with E-state index in [4.69, 9.17) is 24.8 Å². The average molecular weight is 788 g/mol. The van der Waals surface area contributed by atoms with Gasteiger partial charge in [0.15, 0.2) is 6.10 Å². The maximum absolute atomic E-state index is 12.6. The number of unbranched alkanes of at least 4 members (excludes halogenated alkanes) is 22. The number of phosphoric acid groups is 1. The summed E-state index contributed by atoms with van der Waals surface area (Å²) in [5.41, 5.74) is 5.32. The zero-order valence-corrected chi connectivity index (χ0v) is 35.0. The number of carbonyl (C=O) groups excluding carboxylic acids is 2. The van der Waals surface area contributed by atoms with Gasteiger partial charge in [-0.2, -0.15) is 0 Å². The number of esters is 2. The third-order valence-electron chi connectivity index (χ3n) is 9.19. The molecule has 0 saturated carbocycles. The molecule has 0 heterocycles. The number of aliphatic carboxylic acids is 1. The monoisotopic (exact) mass is 788 g/mol. The standard InChI is InChI=1S/C42H78NO10P/c1-3-5-7-9-11-13-15-17-19-21-23-25-27-29-31-33-40(44)50-35-38(36-51-54(48,49)52-37-39(43)42(46)47)53-41(45)34-32-30-28-26-24-22-20-18-16-14-12-10-8-6-4-2/h24,26-27,29,38-39H,3-23,25,28,30-37,43H2,1-2H3,(H,46,47)(H,48,49)/b26-24+,29-27+/t38-,39+/m1/s1. The van der Waals surface area contributed by atoms with Crippen molar-refractivity contribution < 1.29 is 47.5 Å². The van der Waals surface area contributed by atoms with Crippen molar-refractivity contribution in [1.82, 2.24) is 0 Å². The summed E-state index contributed by atoms with van der Waals surface area (Å²) in [7, 11) is -4.72. The number of carboxylic acid groups (broad SMARTS) is 1. The zero-order valence-electron chi connectivity index (χ0n) is 34.1. The summed E-state index contributed by atoms with van der Waals surface area (Å²) in [5, 5.41) is 8.87. The third-order valence-corrected chi connectivity index (χ3v) is 10.1. The van der Waals surface area contributed by atoms with Gasteiger partial charge < -0.3 is 25.2 Å². The molecular weight excluding hydrogens is 709 g/mol. The van der Waals surface area contributed by atoms with Crippen molar-refractivity contribution in [3.63, 3.8) is 0 Å². The lowest BCUT2D eigenvalue weighted by molar-refractivity contribution is -0.161. The van der Waals surface area contributed by atoms with Gasteiger partial charge in [-0.05, 0) is 51.4 Å². The Bertz CT molecular complexity index is 1020. The van der Waals surface area contributed by atoms with E-state index in [2.05, 4.69) is 36.6 Å². The smallest absolute Gasteiger partial charge is 0.472 e. The van der Waals surface area contributed by atoms with Crippen LogP contribution in [0.2, 0.25) is 0 Å². The SMILES string of the molecule is CCCCCCCCCCC/C=C/CCCCC(=O)O[C@H](COC(=O)CC/C=C/CCCCCCCCCCCCC)COP(=O)(O)OC[C@H](N)C(=O)O. The number of hydrogen-bond acceptors (Lipinski definition) is 9. The van der Waals surface area contributed by atoms with E-state index in [9.17, 15) is 23.8 Å². The van der Waals surface area contributed by atoms with E-state index in [-0.39, 0.29) is 19.4 Å². The molecule has 0 rings (SSSR count). The molecule has 0 saturated heterocycles. The molecule has 316 valence electrons. The van der Waals surface area contributed by atoms with E-state index in [0.717, 1.165) is 32.1 Å². The number of phosphoric ester groups is 1. The minimum Gasteiger partial charge on any atom is -0.480 e. The first kappa shape index (κ1) is 52.0. The van der Waals surface area contributed by atoms with Crippen molar-refractivity contribution in [3.05, 3.63) is 24.3 Å². The predicted molar refractivity (Wildman–Crippen MR) is 217 cm³/mol. The summed E-state index contributed by atoms with van der Waals surface area (Å²) in [6, 6.07) is -1.53. The Morgan fingerprint density at radius 2 is 0.963 bits per heavy atom. The number of carbonyl (C=O) groups is 3. The molecule has 11 nitrogen and oxygen atoms in total. The molecule has 3 atom stereocenters. The van der Waals surface area contributed by atoms with E-state index >= 15 is 0 Å². The highest BCUT2D eigenvalue weighted by atomic mass is 31.2. The first-order valence-corrected chi connectivity index (χ1v) is 22.9. The van der Waals surface area contributed by atoms with Gasteiger partial charge in [-0.25, -0.2) is 4.57 Å². The van der Waals surface area contributed by atoms with Crippen molar-refractivity contribution in [2.24, 2.45) is 5.73 Å². The lowest BCUT2D eigenvalue weighted by Crippen LogP contribution is -2.34. The number of allylic oxidation sites excluding steroid dienone is 4. The minimum absolute atomic E-state index is 0.126. The summed E-state index contributed by atoms with van der Waals surface area (Å²) < 4.78 is 32.6. The fourth-order valence-corrected chi connectivity index (χ4v) is 6.56. The van der Waals surface area contributed by atoms with Crippen LogP contribution in [0.25, 0.3) is 0 Å². The summed E-state index contributed by atoms with van der Waals surface area (Å²) >= 11 is 0. The Hall–Kier alpha value is -2.04. The largest absolute Gasteiger partial charge is 0.480 e. The van der Waals surface area contributed by atoms with E-state index in [0.29, 0.717) is 12.8 Å². The van der Waals surface area contributed by atoms with Gasteiger partial charge in [-0.1, -0.05) is 154 Å². The lowest BCUT2D eigenvalue weighted by atomic mass is 10.1. The molecule has 0 aliphatic carbocycles. The van der Waals surface area contributed by atoms with Crippen LogP contribution in [-0.2, 0) is 37.5 Å². The van der Waals surface area contributed by atoms with Crippen molar-refractivity contribution in [2.75, 3.05) is 19.8 Å². The van der Waals surface area contributed by atoms with E-state index in [1.807, 2.05) is 6.08 Å². The van der Waals surface area contributed by atoms with Gasteiger partial charge in [0.2, 0.25) is 0 Å². The molecule has 0 aromatic rings. The number of nitrogens with two attached hydrogens (primary N) is 1. The van der Waals surface area contributed by atoms with Gasteiger partial charge in [0.1, 0.15) is 12.6 Å². The molecule has 4 N–H and O–H groups in total. The maximum atomic E-state index is 12.6. The summed E-state index contributed by atoms with van der Waals surface area (Å²) in [6.07, 6.45) is 38.3. The van der Waals surface area contributed by atoms with Crippen LogP contribution in [0.15, 0.2) is 24.3 Å². The van der Waals surface area contributed by atoms with Crippen molar-refractivity contribution in [1.29, 1.82) is 0 Å². The molecule has 54 heavy (non-hydrogen) atoms. The highest BCUT2D eigenvalue weighted by Gasteiger charge is 2.28.